The fourth-order valence-corrected chi connectivity index (χ4v) is 6.22. The Morgan fingerprint density at radius 1 is 1.24 bits per heavy atom. The molecule has 0 radical (unpaired) electrons. The topological polar surface area (TPSA) is 70.3 Å². The van der Waals surface area contributed by atoms with Crippen LogP contribution in [0.3, 0.4) is 0 Å². The van der Waals surface area contributed by atoms with Gasteiger partial charge in [-0.3, -0.25) is 0 Å². The second-order valence-electron chi connectivity index (χ2n) is 9.70. The monoisotopic (exact) mass is 490 g/mol. The summed E-state index contributed by atoms with van der Waals surface area (Å²) < 4.78 is 1.98. The average molecular weight is 491 g/mol. The first kappa shape index (κ1) is 23.1. The second kappa shape index (κ2) is 9.53. The van der Waals surface area contributed by atoms with Crippen molar-refractivity contribution in [2.45, 2.75) is 38.1 Å². The first-order valence-corrected chi connectivity index (χ1v) is 12.8. The van der Waals surface area contributed by atoms with E-state index in [0.717, 1.165) is 55.4 Å². The molecule has 5 rings (SSSR count). The van der Waals surface area contributed by atoms with Gasteiger partial charge in [-0.25, -0.2) is 14.6 Å². The molecule has 1 N–H and O–H groups in total. The standard InChI is InChI=1S/C24H32Cl2N6O/c1-15-23-24(32(29-15)16(2)20-6-5-19(25)10-21(20)26)28-22(11-27-23)31-13-18(14-31)17-4-3-7-30(12-17)8-9-33/h5-6,10-11,16-18,20-21,33H,3-4,7-9,12-14H2,1-2H3/t16-,17+,20?,21-/m1/s1. The van der Waals surface area contributed by atoms with Crippen molar-refractivity contribution in [3.05, 3.63) is 35.2 Å². The van der Waals surface area contributed by atoms with Gasteiger partial charge in [0.2, 0.25) is 0 Å². The molecule has 9 heteroatoms. The van der Waals surface area contributed by atoms with E-state index in [0.29, 0.717) is 16.9 Å². The highest BCUT2D eigenvalue weighted by Crippen LogP contribution is 2.36. The lowest BCUT2D eigenvalue weighted by molar-refractivity contribution is 0.101. The van der Waals surface area contributed by atoms with E-state index in [1.165, 1.54) is 12.8 Å². The van der Waals surface area contributed by atoms with Gasteiger partial charge in [0.05, 0.1) is 29.9 Å². The van der Waals surface area contributed by atoms with E-state index in [2.05, 4.69) is 22.8 Å². The van der Waals surface area contributed by atoms with Crippen LogP contribution in [-0.2, 0) is 0 Å². The van der Waals surface area contributed by atoms with Gasteiger partial charge in [0.1, 0.15) is 11.3 Å². The Morgan fingerprint density at radius 3 is 2.82 bits per heavy atom. The summed E-state index contributed by atoms with van der Waals surface area (Å²) in [5.74, 6) is 2.36. The van der Waals surface area contributed by atoms with Crippen LogP contribution >= 0.6 is 23.2 Å². The van der Waals surface area contributed by atoms with Crippen molar-refractivity contribution in [2.75, 3.05) is 44.2 Å². The molecular weight excluding hydrogens is 459 g/mol. The molecule has 0 saturated carbocycles. The lowest BCUT2D eigenvalue weighted by Crippen LogP contribution is -2.54. The van der Waals surface area contributed by atoms with Gasteiger partial charge in [0.15, 0.2) is 5.65 Å². The van der Waals surface area contributed by atoms with E-state index < -0.39 is 0 Å². The van der Waals surface area contributed by atoms with Gasteiger partial charge in [0.25, 0.3) is 0 Å². The summed E-state index contributed by atoms with van der Waals surface area (Å²) >= 11 is 12.7. The summed E-state index contributed by atoms with van der Waals surface area (Å²) in [6.07, 6.45) is 10.2. The van der Waals surface area contributed by atoms with E-state index in [4.69, 9.17) is 38.3 Å². The fourth-order valence-electron chi connectivity index (χ4n) is 5.51. The number of aromatic nitrogens is 4. The average Bonchev–Trinajstić information content (AvgIpc) is 3.09. The lowest BCUT2D eigenvalue weighted by atomic mass is 9.80. The maximum absolute atomic E-state index is 9.27. The van der Waals surface area contributed by atoms with Crippen LogP contribution in [0.15, 0.2) is 29.5 Å². The lowest BCUT2D eigenvalue weighted by Gasteiger charge is -2.47. The number of aliphatic hydroxyl groups excluding tert-OH is 1. The largest absolute Gasteiger partial charge is 0.395 e. The summed E-state index contributed by atoms with van der Waals surface area (Å²) in [5, 5.41) is 14.5. The predicted molar refractivity (Wildman–Crippen MR) is 133 cm³/mol. The van der Waals surface area contributed by atoms with Crippen LogP contribution in [0.2, 0.25) is 0 Å². The molecular formula is C24H32Cl2N6O. The molecule has 0 bridgehead atoms. The SMILES string of the molecule is Cc1nn([C@H](C)C2C=CC(Cl)=C[C@H]2Cl)c2nc(N3CC([C@H]4CCCN(CCO)C4)C3)cnc12. The zero-order chi connectivity index (χ0) is 23.1. The zero-order valence-corrected chi connectivity index (χ0v) is 20.8. The van der Waals surface area contributed by atoms with E-state index in [1.54, 1.807) is 0 Å². The quantitative estimate of drug-likeness (QED) is 0.621. The van der Waals surface area contributed by atoms with Crippen LogP contribution in [0.4, 0.5) is 5.82 Å². The maximum Gasteiger partial charge on any atom is 0.179 e. The van der Waals surface area contributed by atoms with Crippen LogP contribution in [-0.4, -0.2) is 74.5 Å². The summed E-state index contributed by atoms with van der Waals surface area (Å²) in [5.41, 5.74) is 2.53. The van der Waals surface area contributed by atoms with Gasteiger partial charge in [-0.1, -0.05) is 17.7 Å². The Hall–Kier alpha value is -1.67. The Kier molecular flexibility index (Phi) is 6.67. The van der Waals surface area contributed by atoms with Crippen LogP contribution in [0, 0.1) is 24.7 Å². The van der Waals surface area contributed by atoms with Gasteiger partial charge in [-0.2, -0.15) is 5.10 Å². The number of aliphatic hydroxyl groups is 1. The molecule has 2 aromatic heterocycles. The highest BCUT2D eigenvalue weighted by Gasteiger charge is 2.37. The minimum absolute atomic E-state index is 0.0226. The van der Waals surface area contributed by atoms with Crippen molar-refractivity contribution < 1.29 is 5.11 Å². The smallest absolute Gasteiger partial charge is 0.179 e. The molecule has 2 saturated heterocycles. The van der Waals surface area contributed by atoms with Gasteiger partial charge < -0.3 is 14.9 Å². The van der Waals surface area contributed by atoms with Crippen LogP contribution in [0.1, 0.15) is 31.5 Å². The number of hydrogen-bond acceptors (Lipinski definition) is 6. The first-order valence-electron chi connectivity index (χ1n) is 11.9. The number of allylic oxidation sites excluding steroid dienone is 4. The number of β-amino-alcohol motifs (C(OH)–C–C–N with tert-alkyl or cyclic N) is 1. The van der Waals surface area contributed by atoms with Crippen molar-refractivity contribution in [1.82, 2.24) is 24.6 Å². The number of piperidine rings is 1. The number of rotatable bonds is 6. The molecule has 178 valence electrons. The number of fused-ring (bicyclic) bond motifs is 1. The molecule has 4 atom stereocenters. The number of hydrogen-bond donors (Lipinski definition) is 1. The third kappa shape index (κ3) is 4.53. The molecule has 3 aliphatic rings. The molecule has 0 amide bonds. The predicted octanol–water partition coefficient (Wildman–Crippen LogP) is 3.75. The van der Waals surface area contributed by atoms with E-state index in [9.17, 15) is 5.11 Å². The molecule has 7 nitrogen and oxygen atoms in total. The van der Waals surface area contributed by atoms with Crippen molar-refractivity contribution in [3.63, 3.8) is 0 Å². The van der Waals surface area contributed by atoms with Gasteiger partial charge in [0, 0.05) is 37.1 Å². The number of aryl methyl sites for hydroxylation is 1. The van der Waals surface area contributed by atoms with Crippen LogP contribution < -0.4 is 4.90 Å². The zero-order valence-electron chi connectivity index (χ0n) is 19.2. The molecule has 2 fully saturated rings. The minimum atomic E-state index is -0.190. The highest BCUT2D eigenvalue weighted by molar-refractivity contribution is 6.32. The van der Waals surface area contributed by atoms with E-state index in [-0.39, 0.29) is 23.9 Å². The van der Waals surface area contributed by atoms with Crippen LogP contribution in [0.5, 0.6) is 0 Å². The Labute approximate surface area is 205 Å². The maximum atomic E-state index is 9.27. The third-order valence-electron chi connectivity index (χ3n) is 7.52. The van der Waals surface area contributed by atoms with Gasteiger partial charge in [-0.15, -0.1) is 11.6 Å². The molecule has 2 aliphatic heterocycles. The van der Waals surface area contributed by atoms with Crippen LogP contribution in [0.25, 0.3) is 11.2 Å². The third-order valence-corrected chi connectivity index (χ3v) is 8.19. The van der Waals surface area contributed by atoms with Crippen molar-refractivity contribution >= 4 is 40.2 Å². The summed E-state index contributed by atoms with van der Waals surface area (Å²) in [6.45, 7) is 9.37. The highest BCUT2D eigenvalue weighted by atomic mass is 35.5. The number of alkyl halides is 1. The van der Waals surface area contributed by atoms with Gasteiger partial charge >= 0.3 is 0 Å². The van der Waals surface area contributed by atoms with Crippen molar-refractivity contribution in [1.29, 1.82) is 0 Å². The molecule has 0 spiro atoms. The summed E-state index contributed by atoms with van der Waals surface area (Å²) in [4.78, 5) is 14.5. The first-order chi connectivity index (χ1) is 15.9. The molecule has 4 heterocycles. The van der Waals surface area contributed by atoms with E-state index in [1.807, 2.05) is 30.0 Å². The molecule has 0 aromatic carbocycles. The van der Waals surface area contributed by atoms with Gasteiger partial charge in [-0.05, 0) is 57.2 Å². The number of halogens is 2. The normalized spacial score (nSPS) is 27.6. The summed E-state index contributed by atoms with van der Waals surface area (Å²) in [6, 6.07) is 0.0226. The Morgan fingerprint density at radius 2 is 2.06 bits per heavy atom. The Balaban J connectivity index is 1.32. The molecule has 1 aliphatic carbocycles. The minimum Gasteiger partial charge on any atom is -0.395 e. The second-order valence-corrected chi connectivity index (χ2v) is 10.6. The Bertz CT molecular complexity index is 1060. The number of anilines is 1. The van der Waals surface area contributed by atoms with Crippen molar-refractivity contribution in [2.24, 2.45) is 17.8 Å². The van der Waals surface area contributed by atoms with E-state index >= 15 is 0 Å². The molecule has 33 heavy (non-hydrogen) atoms. The van der Waals surface area contributed by atoms with Crippen molar-refractivity contribution in [3.8, 4) is 0 Å². The number of nitrogens with zero attached hydrogens (tertiary/aromatic N) is 6. The number of likely N-dealkylation sites (tertiary alicyclic amines) is 1. The fraction of sp³-hybridized carbons (Fsp3) is 0.625. The molecule has 2 aromatic rings. The molecule has 1 unspecified atom stereocenters. The summed E-state index contributed by atoms with van der Waals surface area (Å²) in [7, 11) is 0.